The summed E-state index contributed by atoms with van der Waals surface area (Å²) in [6.45, 7) is 10.5. The molecule has 0 aromatic heterocycles. The Morgan fingerprint density at radius 1 is 1.25 bits per heavy atom. The van der Waals surface area contributed by atoms with Gasteiger partial charge >= 0.3 is 0 Å². The lowest BCUT2D eigenvalue weighted by atomic mass is 10.2. The third-order valence-electron chi connectivity index (χ3n) is 2.16. The van der Waals surface area contributed by atoms with Crippen LogP contribution in [0.5, 0.6) is 0 Å². The lowest BCUT2D eigenvalue weighted by Gasteiger charge is -2.18. The minimum absolute atomic E-state index is 0.174. The van der Waals surface area contributed by atoms with Crippen molar-refractivity contribution in [2.75, 3.05) is 0 Å². The van der Waals surface area contributed by atoms with Crippen LogP contribution < -0.4 is 0 Å². The van der Waals surface area contributed by atoms with E-state index in [1.54, 1.807) is 11.8 Å². The van der Waals surface area contributed by atoms with Crippen LogP contribution in [-0.4, -0.2) is 16.3 Å². The molecule has 0 spiro atoms. The molecule has 0 radical (unpaired) electrons. The Bertz CT molecular complexity index is 143. The minimum atomic E-state index is 0.174. The van der Waals surface area contributed by atoms with Gasteiger partial charge < -0.3 is 0 Å². The van der Waals surface area contributed by atoms with Crippen LogP contribution in [0.3, 0.4) is 0 Å². The standard InChI is InChI=1S/C10H20OS/c1-6-10(11)9(5)12-8(4)7(2)3/h7-9H,6H2,1-5H3. The van der Waals surface area contributed by atoms with Gasteiger partial charge in [-0.05, 0) is 12.8 Å². The van der Waals surface area contributed by atoms with Gasteiger partial charge in [0.25, 0.3) is 0 Å². The average Bonchev–Trinajstić information content (AvgIpc) is 2.02. The van der Waals surface area contributed by atoms with Gasteiger partial charge in [-0.1, -0.05) is 27.7 Å². The molecule has 0 amide bonds. The van der Waals surface area contributed by atoms with Crippen molar-refractivity contribution in [1.29, 1.82) is 0 Å². The summed E-state index contributed by atoms with van der Waals surface area (Å²) in [5, 5.41) is 0.753. The Hall–Kier alpha value is 0.0200. The zero-order chi connectivity index (χ0) is 9.72. The van der Waals surface area contributed by atoms with Crippen LogP contribution in [0.1, 0.15) is 41.0 Å². The summed E-state index contributed by atoms with van der Waals surface area (Å²) >= 11 is 1.79. The van der Waals surface area contributed by atoms with Gasteiger partial charge in [0.2, 0.25) is 0 Å². The molecule has 2 atom stereocenters. The highest BCUT2D eigenvalue weighted by Crippen LogP contribution is 2.24. The molecule has 0 fully saturated rings. The zero-order valence-electron chi connectivity index (χ0n) is 8.76. The molecule has 0 N–H and O–H groups in total. The first-order valence-electron chi connectivity index (χ1n) is 4.67. The number of hydrogen-bond donors (Lipinski definition) is 0. The molecule has 1 nitrogen and oxygen atoms in total. The van der Waals surface area contributed by atoms with Crippen LogP contribution in [0, 0.1) is 5.92 Å². The maximum atomic E-state index is 11.2. The van der Waals surface area contributed by atoms with E-state index in [2.05, 4.69) is 20.8 Å². The van der Waals surface area contributed by atoms with Crippen molar-refractivity contribution in [3.8, 4) is 0 Å². The van der Waals surface area contributed by atoms with Gasteiger partial charge in [-0.2, -0.15) is 0 Å². The molecule has 0 aliphatic rings. The maximum absolute atomic E-state index is 11.2. The second-order valence-electron chi connectivity index (χ2n) is 3.55. The number of hydrogen-bond acceptors (Lipinski definition) is 2. The predicted octanol–water partition coefficient (Wildman–Crippen LogP) is 3.13. The van der Waals surface area contributed by atoms with E-state index in [1.807, 2.05) is 13.8 Å². The lowest BCUT2D eigenvalue weighted by Crippen LogP contribution is -2.18. The number of rotatable bonds is 5. The molecule has 2 unspecified atom stereocenters. The zero-order valence-corrected chi connectivity index (χ0v) is 9.57. The number of ketones is 1. The van der Waals surface area contributed by atoms with Crippen molar-refractivity contribution in [2.45, 2.75) is 51.5 Å². The van der Waals surface area contributed by atoms with E-state index in [9.17, 15) is 4.79 Å². The van der Waals surface area contributed by atoms with E-state index in [4.69, 9.17) is 0 Å². The van der Waals surface area contributed by atoms with Crippen LogP contribution in [0.4, 0.5) is 0 Å². The SMILES string of the molecule is CCC(=O)C(C)SC(C)C(C)C. The first-order chi connectivity index (χ1) is 5.49. The van der Waals surface area contributed by atoms with Crippen LogP contribution in [-0.2, 0) is 4.79 Å². The topological polar surface area (TPSA) is 17.1 Å². The molecule has 12 heavy (non-hydrogen) atoms. The quantitative estimate of drug-likeness (QED) is 0.659. The third kappa shape index (κ3) is 4.15. The Balaban J connectivity index is 3.83. The van der Waals surface area contributed by atoms with E-state index in [0.717, 1.165) is 0 Å². The van der Waals surface area contributed by atoms with Crippen molar-refractivity contribution in [1.82, 2.24) is 0 Å². The molecule has 0 heterocycles. The second-order valence-corrected chi connectivity index (χ2v) is 5.27. The molecular weight excluding hydrogens is 168 g/mol. The smallest absolute Gasteiger partial charge is 0.145 e. The van der Waals surface area contributed by atoms with E-state index in [1.165, 1.54) is 0 Å². The van der Waals surface area contributed by atoms with Gasteiger partial charge in [-0.15, -0.1) is 11.8 Å². The molecule has 0 aliphatic heterocycles. The van der Waals surface area contributed by atoms with Crippen molar-refractivity contribution in [3.63, 3.8) is 0 Å². The summed E-state index contributed by atoms with van der Waals surface area (Å²) in [6, 6.07) is 0. The van der Waals surface area contributed by atoms with Gasteiger partial charge in [0.05, 0.1) is 5.25 Å². The van der Waals surface area contributed by atoms with Crippen LogP contribution >= 0.6 is 11.8 Å². The largest absolute Gasteiger partial charge is 0.298 e. The average molecular weight is 188 g/mol. The van der Waals surface area contributed by atoms with Gasteiger partial charge in [-0.3, -0.25) is 4.79 Å². The normalized spacial score (nSPS) is 16.2. The van der Waals surface area contributed by atoms with Crippen molar-refractivity contribution in [3.05, 3.63) is 0 Å². The highest BCUT2D eigenvalue weighted by atomic mass is 32.2. The second kappa shape index (κ2) is 5.63. The fraction of sp³-hybridized carbons (Fsp3) is 0.900. The molecular formula is C10H20OS. The van der Waals surface area contributed by atoms with Gasteiger partial charge in [0.1, 0.15) is 5.78 Å². The van der Waals surface area contributed by atoms with E-state index in [0.29, 0.717) is 23.4 Å². The number of carbonyl (C=O) groups excluding carboxylic acids is 1. The molecule has 72 valence electrons. The summed E-state index contributed by atoms with van der Waals surface area (Å²) in [4.78, 5) is 11.2. The Morgan fingerprint density at radius 3 is 2.08 bits per heavy atom. The highest BCUT2D eigenvalue weighted by molar-refractivity contribution is 8.01. The fourth-order valence-corrected chi connectivity index (χ4v) is 2.12. The number of carbonyl (C=O) groups is 1. The number of thioether (sulfide) groups is 1. The Morgan fingerprint density at radius 2 is 1.75 bits per heavy atom. The Labute approximate surface area is 80.3 Å². The summed E-state index contributed by atoms with van der Waals surface area (Å²) in [5.74, 6) is 1.02. The molecule has 0 saturated carbocycles. The van der Waals surface area contributed by atoms with Crippen molar-refractivity contribution < 1.29 is 4.79 Å². The lowest BCUT2D eigenvalue weighted by molar-refractivity contribution is -0.118. The summed E-state index contributed by atoms with van der Waals surface area (Å²) in [5.41, 5.74) is 0. The van der Waals surface area contributed by atoms with Gasteiger partial charge in [-0.25, -0.2) is 0 Å². The van der Waals surface area contributed by atoms with E-state index < -0.39 is 0 Å². The minimum Gasteiger partial charge on any atom is -0.298 e. The predicted molar refractivity (Wildman–Crippen MR) is 56.7 cm³/mol. The van der Waals surface area contributed by atoms with E-state index in [-0.39, 0.29) is 5.25 Å². The molecule has 0 aliphatic carbocycles. The van der Waals surface area contributed by atoms with Gasteiger partial charge in [0, 0.05) is 11.7 Å². The molecule has 0 aromatic rings. The van der Waals surface area contributed by atoms with Gasteiger partial charge in [0.15, 0.2) is 0 Å². The molecule has 0 saturated heterocycles. The van der Waals surface area contributed by atoms with Crippen molar-refractivity contribution in [2.24, 2.45) is 5.92 Å². The first kappa shape index (κ1) is 12.0. The summed E-state index contributed by atoms with van der Waals surface area (Å²) in [6.07, 6.45) is 0.666. The maximum Gasteiger partial charge on any atom is 0.145 e. The molecule has 0 aromatic carbocycles. The molecule has 0 bridgehead atoms. The van der Waals surface area contributed by atoms with Crippen molar-refractivity contribution >= 4 is 17.5 Å². The van der Waals surface area contributed by atoms with Crippen LogP contribution in [0.25, 0.3) is 0 Å². The summed E-state index contributed by atoms with van der Waals surface area (Å²) < 4.78 is 0. The monoisotopic (exact) mass is 188 g/mol. The van der Waals surface area contributed by atoms with Crippen LogP contribution in [0.15, 0.2) is 0 Å². The fourth-order valence-electron chi connectivity index (χ4n) is 0.842. The van der Waals surface area contributed by atoms with E-state index >= 15 is 0 Å². The number of Topliss-reactive ketones (excluding diaryl/α,β-unsaturated/α-hetero) is 1. The first-order valence-corrected chi connectivity index (χ1v) is 5.61. The molecule has 0 rings (SSSR count). The Kier molecular flexibility index (Phi) is 5.64. The third-order valence-corrected chi connectivity index (χ3v) is 3.80. The highest BCUT2D eigenvalue weighted by Gasteiger charge is 2.16. The summed E-state index contributed by atoms with van der Waals surface area (Å²) in [7, 11) is 0. The van der Waals surface area contributed by atoms with Crippen LogP contribution in [0.2, 0.25) is 0 Å². The molecule has 2 heteroatoms.